The molecule has 0 bridgehead atoms. The van der Waals surface area contributed by atoms with Crippen molar-refractivity contribution < 1.29 is 9.59 Å². The van der Waals surface area contributed by atoms with E-state index >= 15 is 0 Å². The lowest BCUT2D eigenvalue weighted by atomic mass is 9.91. The van der Waals surface area contributed by atoms with Crippen LogP contribution in [0.1, 0.15) is 37.7 Å². The van der Waals surface area contributed by atoms with Gasteiger partial charge in [0.1, 0.15) is 0 Å². The fraction of sp³-hybridized carbons (Fsp3) is 0.357. The van der Waals surface area contributed by atoms with E-state index in [-0.39, 0.29) is 24.2 Å². The van der Waals surface area contributed by atoms with Crippen LogP contribution in [0.5, 0.6) is 0 Å². The number of hydrogen-bond donors (Lipinski definition) is 1. The minimum Gasteiger partial charge on any atom is -0.297 e. The molecule has 1 rings (SSSR count). The van der Waals surface area contributed by atoms with Crippen molar-refractivity contribution in [3.63, 3.8) is 0 Å². The van der Waals surface area contributed by atoms with Gasteiger partial charge in [0.15, 0.2) is 0 Å². The zero-order chi connectivity index (χ0) is 13.4. The zero-order valence-electron chi connectivity index (χ0n) is 10.3. The average molecular weight is 244 g/mol. The van der Waals surface area contributed by atoms with Gasteiger partial charge in [0.2, 0.25) is 11.8 Å². The van der Waals surface area contributed by atoms with Crippen LogP contribution in [0, 0.1) is 11.3 Å². The third-order valence-corrected chi connectivity index (χ3v) is 2.64. The van der Waals surface area contributed by atoms with E-state index in [0.29, 0.717) is 12.8 Å². The Morgan fingerprint density at radius 1 is 1.33 bits per heavy atom. The summed E-state index contributed by atoms with van der Waals surface area (Å²) in [6.45, 7) is 1.31. The molecule has 1 aromatic rings. The quantitative estimate of drug-likeness (QED) is 0.862. The Bertz CT molecular complexity index is 449. The van der Waals surface area contributed by atoms with Crippen molar-refractivity contribution in [3.8, 4) is 6.07 Å². The molecule has 4 nitrogen and oxygen atoms in total. The number of nitrogens with zero attached hydrogens (tertiary/aromatic N) is 1. The van der Waals surface area contributed by atoms with Gasteiger partial charge in [-0.15, -0.1) is 0 Å². The molecule has 0 radical (unpaired) electrons. The van der Waals surface area contributed by atoms with Crippen LogP contribution in [0.4, 0.5) is 0 Å². The Kier molecular flexibility index (Phi) is 5.59. The SMILES string of the molecule is CC(=O)NC(=O)CCC(CC#N)c1ccccc1. The Balaban J connectivity index is 2.57. The van der Waals surface area contributed by atoms with Gasteiger partial charge in [0, 0.05) is 19.8 Å². The third-order valence-electron chi connectivity index (χ3n) is 2.64. The van der Waals surface area contributed by atoms with Gasteiger partial charge in [0.05, 0.1) is 6.07 Å². The maximum atomic E-state index is 11.4. The lowest BCUT2D eigenvalue weighted by Crippen LogP contribution is -2.27. The van der Waals surface area contributed by atoms with Gasteiger partial charge in [-0.1, -0.05) is 30.3 Å². The lowest BCUT2D eigenvalue weighted by Gasteiger charge is -2.13. The Labute approximate surface area is 107 Å². The molecule has 1 atom stereocenters. The zero-order valence-corrected chi connectivity index (χ0v) is 10.3. The second-order valence-electron chi connectivity index (χ2n) is 4.11. The van der Waals surface area contributed by atoms with E-state index in [9.17, 15) is 9.59 Å². The number of rotatable bonds is 5. The van der Waals surface area contributed by atoms with E-state index < -0.39 is 0 Å². The number of carbonyl (C=O) groups is 2. The summed E-state index contributed by atoms with van der Waals surface area (Å²) in [5.74, 6) is -0.605. The summed E-state index contributed by atoms with van der Waals surface area (Å²) < 4.78 is 0. The van der Waals surface area contributed by atoms with E-state index in [0.717, 1.165) is 5.56 Å². The second kappa shape index (κ2) is 7.23. The molecule has 0 fully saturated rings. The molecular formula is C14H16N2O2. The lowest BCUT2D eigenvalue weighted by molar-refractivity contribution is -0.129. The molecule has 1 N–H and O–H groups in total. The van der Waals surface area contributed by atoms with Crippen LogP contribution in [0.15, 0.2) is 30.3 Å². The highest BCUT2D eigenvalue weighted by Gasteiger charge is 2.13. The molecule has 1 aromatic carbocycles. The molecule has 1 unspecified atom stereocenters. The van der Waals surface area contributed by atoms with Gasteiger partial charge in [0.25, 0.3) is 0 Å². The van der Waals surface area contributed by atoms with E-state index in [1.165, 1.54) is 6.92 Å². The Hall–Kier alpha value is -2.15. The van der Waals surface area contributed by atoms with Gasteiger partial charge < -0.3 is 0 Å². The van der Waals surface area contributed by atoms with Gasteiger partial charge in [-0.05, 0) is 17.9 Å². The minimum absolute atomic E-state index is 0.0360. The van der Waals surface area contributed by atoms with Gasteiger partial charge in [-0.3, -0.25) is 14.9 Å². The summed E-state index contributed by atoms with van der Waals surface area (Å²) in [5, 5.41) is 11.0. The fourth-order valence-corrected chi connectivity index (χ4v) is 1.79. The summed E-state index contributed by atoms with van der Waals surface area (Å²) in [6, 6.07) is 11.8. The summed E-state index contributed by atoms with van der Waals surface area (Å²) in [5.41, 5.74) is 1.05. The maximum Gasteiger partial charge on any atom is 0.226 e. The molecule has 4 heteroatoms. The first-order chi connectivity index (χ1) is 8.63. The van der Waals surface area contributed by atoms with Gasteiger partial charge in [-0.2, -0.15) is 5.26 Å². The number of amides is 2. The maximum absolute atomic E-state index is 11.4. The summed E-state index contributed by atoms with van der Waals surface area (Å²) in [6.07, 6.45) is 1.19. The minimum atomic E-state index is -0.350. The average Bonchev–Trinajstić information content (AvgIpc) is 2.34. The van der Waals surface area contributed by atoms with E-state index in [4.69, 9.17) is 5.26 Å². The highest BCUT2D eigenvalue weighted by atomic mass is 16.2. The number of imide groups is 1. The fourth-order valence-electron chi connectivity index (χ4n) is 1.79. The standard InChI is InChI=1S/C14H16N2O2/c1-11(17)16-14(18)8-7-13(9-10-15)12-5-3-2-4-6-12/h2-6,13H,7-9H2,1H3,(H,16,17,18). The van der Waals surface area contributed by atoms with Crippen molar-refractivity contribution in [2.45, 2.75) is 32.1 Å². The molecule has 0 aromatic heterocycles. The molecule has 94 valence electrons. The molecule has 0 aliphatic heterocycles. The van der Waals surface area contributed by atoms with Gasteiger partial charge >= 0.3 is 0 Å². The van der Waals surface area contributed by atoms with Crippen molar-refractivity contribution in [3.05, 3.63) is 35.9 Å². The van der Waals surface area contributed by atoms with E-state index in [2.05, 4.69) is 11.4 Å². The molecule has 0 aliphatic carbocycles. The van der Waals surface area contributed by atoms with Crippen LogP contribution >= 0.6 is 0 Å². The largest absolute Gasteiger partial charge is 0.297 e. The molecule has 0 saturated heterocycles. The topological polar surface area (TPSA) is 70.0 Å². The highest BCUT2D eigenvalue weighted by molar-refractivity contribution is 5.93. The summed E-state index contributed by atoms with van der Waals surface area (Å²) >= 11 is 0. The van der Waals surface area contributed by atoms with Crippen molar-refractivity contribution in [2.75, 3.05) is 0 Å². The number of nitriles is 1. The van der Waals surface area contributed by atoms with Crippen molar-refractivity contribution >= 4 is 11.8 Å². The predicted molar refractivity (Wildman–Crippen MR) is 67.5 cm³/mol. The molecule has 18 heavy (non-hydrogen) atoms. The van der Waals surface area contributed by atoms with Crippen LogP contribution in [-0.4, -0.2) is 11.8 Å². The van der Waals surface area contributed by atoms with Crippen LogP contribution < -0.4 is 5.32 Å². The molecule has 0 spiro atoms. The molecular weight excluding hydrogens is 228 g/mol. The highest BCUT2D eigenvalue weighted by Crippen LogP contribution is 2.24. The molecule has 0 saturated carbocycles. The van der Waals surface area contributed by atoms with Crippen LogP contribution in [-0.2, 0) is 9.59 Å². The van der Waals surface area contributed by atoms with Crippen molar-refractivity contribution in [2.24, 2.45) is 0 Å². The first-order valence-electron chi connectivity index (χ1n) is 5.85. The number of carbonyl (C=O) groups excluding carboxylic acids is 2. The predicted octanol–water partition coefficient (Wildman–Crippen LogP) is 2.13. The first kappa shape index (κ1) is 13.9. The summed E-state index contributed by atoms with van der Waals surface area (Å²) in [7, 11) is 0. The third kappa shape index (κ3) is 4.79. The first-order valence-corrected chi connectivity index (χ1v) is 5.85. The van der Waals surface area contributed by atoms with Crippen molar-refractivity contribution in [1.29, 1.82) is 5.26 Å². The second-order valence-corrected chi connectivity index (χ2v) is 4.11. The molecule has 0 heterocycles. The van der Waals surface area contributed by atoms with Gasteiger partial charge in [-0.25, -0.2) is 0 Å². The smallest absolute Gasteiger partial charge is 0.226 e. The Morgan fingerprint density at radius 3 is 2.56 bits per heavy atom. The number of nitrogens with one attached hydrogen (secondary N) is 1. The summed E-state index contributed by atoms with van der Waals surface area (Å²) in [4.78, 5) is 22.1. The Morgan fingerprint density at radius 2 is 2.00 bits per heavy atom. The van der Waals surface area contributed by atoms with Crippen LogP contribution in [0.25, 0.3) is 0 Å². The molecule has 0 aliphatic rings. The number of benzene rings is 1. The van der Waals surface area contributed by atoms with Crippen LogP contribution in [0.3, 0.4) is 0 Å². The van der Waals surface area contributed by atoms with Crippen LogP contribution in [0.2, 0.25) is 0 Å². The molecule has 2 amide bonds. The van der Waals surface area contributed by atoms with Crippen molar-refractivity contribution in [1.82, 2.24) is 5.32 Å². The monoisotopic (exact) mass is 244 g/mol. The normalized spacial score (nSPS) is 11.3. The van der Waals surface area contributed by atoms with E-state index in [1.807, 2.05) is 30.3 Å². The van der Waals surface area contributed by atoms with E-state index in [1.54, 1.807) is 0 Å². The number of hydrogen-bond acceptors (Lipinski definition) is 3.